The van der Waals surface area contributed by atoms with E-state index < -0.39 is 23.7 Å². The Morgan fingerprint density at radius 3 is 2.48 bits per heavy atom. The molecule has 2 fully saturated rings. The van der Waals surface area contributed by atoms with Gasteiger partial charge in [-0.15, -0.1) is 0 Å². The van der Waals surface area contributed by atoms with Gasteiger partial charge in [0.25, 0.3) is 5.91 Å². The minimum Gasteiger partial charge on any atom is -0.480 e. The lowest BCUT2D eigenvalue weighted by Crippen LogP contribution is -2.46. The van der Waals surface area contributed by atoms with Gasteiger partial charge in [0, 0.05) is 17.4 Å². The van der Waals surface area contributed by atoms with Crippen LogP contribution in [-0.2, 0) is 24.5 Å². The van der Waals surface area contributed by atoms with Gasteiger partial charge in [-0.2, -0.15) is 0 Å². The summed E-state index contributed by atoms with van der Waals surface area (Å²) in [6.07, 6.45) is 0.0715. The second-order valence-electron chi connectivity index (χ2n) is 9.30. The third-order valence-corrected chi connectivity index (χ3v) is 6.96. The van der Waals surface area contributed by atoms with E-state index in [1.807, 2.05) is 24.3 Å². The molecule has 2 heterocycles. The first kappa shape index (κ1) is 21.6. The molecule has 8 heteroatoms. The van der Waals surface area contributed by atoms with E-state index >= 15 is 0 Å². The minimum absolute atomic E-state index is 0.0311. The number of nitrogens with zero attached hydrogens (tertiary/aromatic N) is 1. The Bertz CT molecular complexity index is 1150. The molecule has 172 valence electrons. The smallest absolute Gasteiger partial charge is 0.326 e. The van der Waals surface area contributed by atoms with E-state index in [1.165, 1.54) is 10.5 Å². The average Bonchev–Trinajstić information content (AvgIpc) is 3.49. The van der Waals surface area contributed by atoms with E-state index in [0.717, 1.165) is 16.7 Å². The second kappa shape index (κ2) is 7.67. The van der Waals surface area contributed by atoms with E-state index in [1.54, 1.807) is 6.07 Å². The third-order valence-electron chi connectivity index (χ3n) is 6.96. The van der Waals surface area contributed by atoms with Gasteiger partial charge in [0.05, 0.1) is 26.3 Å². The highest BCUT2D eigenvalue weighted by atomic mass is 16.7. The van der Waals surface area contributed by atoms with Crippen molar-refractivity contribution in [1.29, 1.82) is 0 Å². The Balaban J connectivity index is 1.30. The van der Waals surface area contributed by atoms with Crippen molar-refractivity contribution in [3.8, 4) is 11.1 Å². The Hall–Kier alpha value is -3.23. The molecular weight excluding hydrogens is 424 g/mol. The minimum atomic E-state index is -1.12. The fourth-order valence-electron chi connectivity index (χ4n) is 5.25. The number of amides is 2. The van der Waals surface area contributed by atoms with Crippen molar-refractivity contribution >= 4 is 17.8 Å². The van der Waals surface area contributed by atoms with Crippen molar-refractivity contribution in [3.05, 3.63) is 59.2 Å². The molecule has 2 aromatic carbocycles. The molecule has 5 rings (SSSR count). The van der Waals surface area contributed by atoms with E-state index in [2.05, 4.69) is 31.3 Å². The molecule has 1 atom stereocenters. The van der Waals surface area contributed by atoms with Crippen molar-refractivity contribution in [1.82, 2.24) is 10.2 Å². The summed E-state index contributed by atoms with van der Waals surface area (Å²) in [7, 11) is 0. The van der Waals surface area contributed by atoms with Crippen LogP contribution in [0.3, 0.4) is 0 Å². The third kappa shape index (κ3) is 3.50. The van der Waals surface area contributed by atoms with Gasteiger partial charge in [0.2, 0.25) is 5.91 Å². The van der Waals surface area contributed by atoms with Crippen molar-refractivity contribution in [2.45, 2.75) is 37.5 Å². The fourth-order valence-corrected chi connectivity index (χ4v) is 5.25. The number of carboxylic acid groups (broad SMARTS) is 1. The number of benzene rings is 2. The number of carboxylic acids is 1. The van der Waals surface area contributed by atoms with Gasteiger partial charge in [-0.1, -0.05) is 44.2 Å². The number of hydrogen-bond acceptors (Lipinski definition) is 5. The van der Waals surface area contributed by atoms with Gasteiger partial charge in [0.15, 0.2) is 5.79 Å². The van der Waals surface area contributed by atoms with Gasteiger partial charge in [-0.3, -0.25) is 9.59 Å². The molecule has 2 amide bonds. The zero-order valence-electron chi connectivity index (χ0n) is 18.6. The molecule has 0 aromatic heterocycles. The molecular formula is C25H26N2O6. The van der Waals surface area contributed by atoms with Crippen LogP contribution in [0.15, 0.2) is 42.5 Å². The van der Waals surface area contributed by atoms with Crippen LogP contribution in [-0.4, -0.2) is 65.9 Å². The molecule has 0 radical (unpaired) electrons. The lowest BCUT2D eigenvalue weighted by Gasteiger charge is -2.23. The Morgan fingerprint density at radius 1 is 1.06 bits per heavy atom. The predicted molar refractivity (Wildman–Crippen MR) is 119 cm³/mol. The second-order valence-corrected chi connectivity index (χ2v) is 9.30. The number of ether oxygens (including phenoxy) is 2. The van der Waals surface area contributed by atoms with Crippen LogP contribution in [0.5, 0.6) is 0 Å². The predicted octanol–water partition coefficient (Wildman–Crippen LogP) is 2.15. The summed E-state index contributed by atoms with van der Waals surface area (Å²) in [5, 5.41) is 12.2. The summed E-state index contributed by atoms with van der Waals surface area (Å²) in [5.74, 6) is -3.06. The van der Waals surface area contributed by atoms with Crippen LogP contribution >= 0.6 is 0 Å². The summed E-state index contributed by atoms with van der Waals surface area (Å²) in [6.45, 7) is 4.78. The summed E-state index contributed by atoms with van der Waals surface area (Å²) in [4.78, 5) is 38.6. The molecule has 2 aromatic rings. The van der Waals surface area contributed by atoms with Gasteiger partial charge >= 0.3 is 5.97 Å². The summed E-state index contributed by atoms with van der Waals surface area (Å²) in [5.41, 5.74) is 4.78. The van der Waals surface area contributed by atoms with Crippen LogP contribution in [0, 0.1) is 0 Å². The summed E-state index contributed by atoms with van der Waals surface area (Å²) < 4.78 is 11.2. The molecule has 1 aliphatic carbocycles. The lowest BCUT2D eigenvalue weighted by atomic mass is 9.82. The van der Waals surface area contributed by atoms with Crippen LogP contribution in [0.1, 0.15) is 41.8 Å². The highest BCUT2D eigenvalue weighted by Crippen LogP contribution is 2.48. The maximum Gasteiger partial charge on any atom is 0.326 e. The average molecular weight is 450 g/mol. The van der Waals surface area contributed by atoms with E-state index in [0.29, 0.717) is 18.8 Å². The highest BCUT2D eigenvalue weighted by Gasteiger charge is 2.52. The summed E-state index contributed by atoms with van der Waals surface area (Å²) >= 11 is 0. The molecule has 0 bridgehead atoms. The van der Waals surface area contributed by atoms with Crippen molar-refractivity contribution in [2.24, 2.45) is 0 Å². The fraction of sp³-hybridized carbons (Fsp3) is 0.400. The maximum absolute atomic E-state index is 12.9. The Morgan fingerprint density at radius 2 is 1.76 bits per heavy atom. The van der Waals surface area contributed by atoms with Crippen LogP contribution in [0.25, 0.3) is 11.1 Å². The molecule has 2 N–H and O–H groups in total. The molecule has 3 aliphatic rings. The summed E-state index contributed by atoms with van der Waals surface area (Å²) in [6, 6.07) is 12.7. The SMILES string of the molecule is CC1(C)c2ccccc2-c2cc(C(=O)NCC(=O)N3CC4(CC3C(=O)O)OCCO4)ccc21. The number of rotatable bonds is 4. The highest BCUT2D eigenvalue weighted by molar-refractivity contribution is 5.99. The van der Waals surface area contributed by atoms with E-state index in [-0.39, 0.29) is 30.8 Å². The molecule has 33 heavy (non-hydrogen) atoms. The first-order valence-electron chi connectivity index (χ1n) is 11.0. The first-order valence-corrected chi connectivity index (χ1v) is 11.0. The largest absolute Gasteiger partial charge is 0.480 e. The van der Waals surface area contributed by atoms with E-state index in [4.69, 9.17) is 9.47 Å². The number of likely N-dealkylation sites (tertiary alicyclic amines) is 1. The zero-order valence-corrected chi connectivity index (χ0v) is 18.6. The quantitative estimate of drug-likeness (QED) is 0.740. The zero-order chi connectivity index (χ0) is 23.4. The number of fused-ring (bicyclic) bond motifs is 3. The van der Waals surface area contributed by atoms with Crippen molar-refractivity contribution in [2.75, 3.05) is 26.3 Å². The number of hydrogen-bond donors (Lipinski definition) is 2. The van der Waals surface area contributed by atoms with Crippen LogP contribution in [0.4, 0.5) is 0 Å². The molecule has 2 aliphatic heterocycles. The van der Waals surface area contributed by atoms with Gasteiger partial charge < -0.3 is 24.8 Å². The van der Waals surface area contributed by atoms with Gasteiger partial charge in [-0.05, 0) is 34.4 Å². The van der Waals surface area contributed by atoms with Crippen LogP contribution in [0.2, 0.25) is 0 Å². The molecule has 2 saturated heterocycles. The molecule has 1 spiro atoms. The number of nitrogens with one attached hydrogen (secondary N) is 1. The Labute approximate surface area is 191 Å². The standard InChI is InChI=1S/C25H26N2O6/c1-24(2)18-6-4-3-5-16(18)17-11-15(7-8-19(17)24)22(29)26-13-21(28)27-14-25(32-9-10-33-25)12-20(27)23(30)31/h3-8,11,20H,9-10,12-14H2,1-2H3,(H,26,29)(H,30,31). The first-order chi connectivity index (χ1) is 15.7. The Kier molecular flexibility index (Phi) is 5.02. The van der Waals surface area contributed by atoms with Gasteiger partial charge in [-0.25, -0.2) is 4.79 Å². The van der Waals surface area contributed by atoms with Crippen molar-refractivity contribution in [3.63, 3.8) is 0 Å². The van der Waals surface area contributed by atoms with Crippen LogP contribution < -0.4 is 5.32 Å². The van der Waals surface area contributed by atoms with Gasteiger partial charge in [0.1, 0.15) is 6.04 Å². The normalized spacial score (nSPS) is 21.6. The topological polar surface area (TPSA) is 105 Å². The van der Waals surface area contributed by atoms with E-state index in [9.17, 15) is 19.5 Å². The lowest BCUT2D eigenvalue weighted by molar-refractivity contribution is -0.152. The molecule has 0 saturated carbocycles. The van der Waals surface area contributed by atoms with Crippen molar-refractivity contribution < 1.29 is 29.0 Å². The number of carbonyl (C=O) groups excluding carboxylic acids is 2. The molecule has 1 unspecified atom stereocenters. The number of carbonyl (C=O) groups is 3. The molecule has 8 nitrogen and oxygen atoms in total. The maximum atomic E-state index is 12.9. The monoisotopic (exact) mass is 450 g/mol. The number of aliphatic carboxylic acids is 1.